The number of hydrogen-bond acceptors (Lipinski definition) is 5. The lowest BCUT2D eigenvalue weighted by atomic mass is 9.90. The number of aliphatic hydroxyl groups excluding tert-OH is 1. The predicted octanol–water partition coefficient (Wildman–Crippen LogP) is 0.176. The Balaban J connectivity index is 2.05. The average molecular weight is 268 g/mol. The Morgan fingerprint density at radius 2 is 2.53 bits per heavy atom. The van der Waals surface area contributed by atoms with Crippen LogP contribution in [0.15, 0.2) is 11.1 Å². The number of nitrogens with zero attached hydrogens (tertiary/aromatic N) is 3. The third kappa shape index (κ3) is 1.92. The number of ether oxygens (including phenoxy) is 1. The first-order chi connectivity index (χ1) is 9.02. The number of aromatic nitrogens is 4. The Morgan fingerprint density at radius 1 is 1.74 bits per heavy atom. The van der Waals surface area contributed by atoms with E-state index in [2.05, 4.69) is 9.97 Å². The van der Waals surface area contributed by atoms with Crippen molar-refractivity contribution < 1.29 is 14.2 Å². The van der Waals surface area contributed by atoms with Crippen LogP contribution in [0.4, 0.5) is 4.39 Å². The minimum Gasteiger partial charge on any atom is -0.396 e. The van der Waals surface area contributed by atoms with Crippen molar-refractivity contribution in [1.82, 2.24) is 19.5 Å². The molecule has 7 nitrogen and oxygen atoms in total. The fourth-order valence-electron chi connectivity index (χ4n) is 2.24. The molecule has 102 valence electrons. The molecule has 0 amide bonds. The zero-order chi connectivity index (χ0) is 13.6. The van der Waals surface area contributed by atoms with E-state index in [0.29, 0.717) is 13.0 Å². The molecule has 0 unspecified atom stereocenters. The number of imidazole rings is 1. The molecule has 1 aliphatic rings. The first-order valence-electron chi connectivity index (χ1n) is 5.87. The molecule has 1 aliphatic heterocycles. The highest BCUT2D eigenvalue weighted by atomic mass is 19.1. The van der Waals surface area contributed by atoms with Crippen molar-refractivity contribution in [2.45, 2.75) is 19.6 Å². The Labute approximate surface area is 107 Å². The fraction of sp³-hybridized carbons (Fsp3) is 0.545. The van der Waals surface area contributed by atoms with Gasteiger partial charge in [-0.15, -0.1) is 0 Å². The fourth-order valence-corrected chi connectivity index (χ4v) is 2.24. The van der Waals surface area contributed by atoms with Crippen molar-refractivity contribution in [3.63, 3.8) is 0 Å². The lowest BCUT2D eigenvalue weighted by molar-refractivity contribution is 0.0464. The summed E-state index contributed by atoms with van der Waals surface area (Å²) in [5, 5.41) is 9.31. The quantitative estimate of drug-likeness (QED) is 0.758. The number of rotatable bonds is 2. The zero-order valence-corrected chi connectivity index (χ0v) is 10.3. The van der Waals surface area contributed by atoms with Crippen molar-refractivity contribution in [2.24, 2.45) is 5.41 Å². The number of hydrogen-bond donors (Lipinski definition) is 2. The van der Waals surface area contributed by atoms with Gasteiger partial charge >= 0.3 is 0 Å². The summed E-state index contributed by atoms with van der Waals surface area (Å²) in [6.45, 7) is 2.28. The van der Waals surface area contributed by atoms with E-state index in [0.717, 1.165) is 0 Å². The molecule has 0 radical (unpaired) electrons. The molecule has 1 fully saturated rings. The molecule has 2 N–H and O–H groups in total. The number of aromatic amines is 1. The van der Waals surface area contributed by atoms with E-state index >= 15 is 0 Å². The minimum atomic E-state index is -0.956. The molecule has 0 bridgehead atoms. The SMILES string of the molecule is C[C@]1(CO)CO[C@@H](n2cnc3c(=O)[nH]c(F)nc32)C1. The van der Waals surface area contributed by atoms with Crippen LogP contribution in [0.1, 0.15) is 19.6 Å². The van der Waals surface area contributed by atoms with E-state index in [1.54, 1.807) is 0 Å². The number of aliphatic hydroxyl groups is 1. The smallest absolute Gasteiger partial charge is 0.291 e. The Kier molecular flexibility index (Phi) is 2.64. The minimum absolute atomic E-state index is 0.00149. The number of nitrogens with one attached hydrogen (secondary N) is 1. The molecule has 19 heavy (non-hydrogen) atoms. The second-order valence-electron chi connectivity index (χ2n) is 5.12. The van der Waals surface area contributed by atoms with Crippen LogP contribution in [-0.4, -0.2) is 37.8 Å². The van der Waals surface area contributed by atoms with E-state index in [9.17, 15) is 14.3 Å². The zero-order valence-electron chi connectivity index (χ0n) is 10.3. The van der Waals surface area contributed by atoms with Crippen LogP contribution in [-0.2, 0) is 4.74 Å². The first kappa shape index (κ1) is 12.2. The molecule has 1 saturated heterocycles. The highest BCUT2D eigenvalue weighted by Crippen LogP contribution is 2.38. The monoisotopic (exact) mass is 268 g/mol. The maximum absolute atomic E-state index is 13.2. The van der Waals surface area contributed by atoms with Gasteiger partial charge in [-0.2, -0.15) is 9.37 Å². The molecule has 2 aromatic heterocycles. The van der Waals surface area contributed by atoms with Crippen molar-refractivity contribution in [2.75, 3.05) is 13.2 Å². The van der Waals surface area contributed by atoms with Gasteiger partial charge in [-0.3, -0.25) is 14.3 Å². The molecule has 0 saturated carbocycles. The molecule has 2 aromatic rings. The van der Waals surface area contributed by atoms with E-state index in [4.69, 9.17) is 4.74 Å². The largest absolute Gasteiger partial charge is 0.396 e. The number of halogens is 1. The van der Waals surface area contributed by atoms with E-state index < -0.39 is 17.9 Å². The van der Waals surface area contributed by atoms with Gasteiger partial charge < -0.3 is 9.84 Å². The lowest BCUT2D eigenvalue weighted by Crippen LogP contribution is -2.21. The van der Waals surface area contributed by atoms with E-state index in [-0.39, 0.29) is 23.2 Å². The lowest BCUT2D eigenvalue weighted by Gasteiger charge is -2.17. The van der Waals surface area contributed by atoms with Gasteiger partial charge in [-0.1, -0.05) is 6.92 Å². The maximum Gasteiger partial charge on any atom is 0.291 e. The standard InChI is InChI=1S/C11H13FN4O3/c1-11(3-17)2-6(19-4-11)16-5-13-7-8(16)14-10(12)15-9(7)18/h5-6,17H,2-4H2,1H3,(H,14,15,18)/t6-,11+/m1/s1. The third-order valence-electron chi connectivity index (χ3n) is 3.39. The molecule has 3 rings (SSSR count). The van der Waals surface area contributed by atoms with Gasteiger partial charge in [0.2, 0.25) is 0 Å². The van der Waals surface area contributed by atoms with Crippen LogP contribution in [0, 0.1) is 11.5 Å². The van der Waals surface area contributed by atoms with Gasteiger partial charge in [-0.25, -0.2) is 4.98 Å². The van der Waals surface area contributed by atoms with Crippen LogP contribution in [0.5, 0.6) is 0 Å². The van der Waals surface area contributed by atoms with Crippen molar-refractivity contribution >= 4 is 11.2 Å². The van der Waals surface area contributed by atoms with Gasteiger partial charge in [0.05, 0.1) is 19.5 Å². The predicted molar refractivity (Wildman–Crippen MR) is 62.9 cm³/mol. The van der Waals surface area contributed by atoms with Crippen molar-refractivity contribution in [3.05, 3.63) is 22.8 Å². The Hall–Kier alpha value is -1.80. The van der Waals surface area contributed by atoms with Gasteiger partial charge in [0.25, 0.3) is 11.6 Å². The highest BCUT2D eigenvalue weighted by Gasteiger charge is 2.37. The molecule has 3 heterocycles. The Morgan fingerprint density at radius 3 is 3.21 bits per heavy atom. The molecular weight excluding hydrogens is 255 g/mol. The van der Waals surface area contributed by atoms with Gasteiger partial charge in [0.1, 0.15) is 6.23 Å². The second-order valence-corrected chi connectivity index (χ2v) is 5.12. The van der Waals surface area contributed by atoms with Crippen LogP contribution in [0.25, 0.3) is 11.2 Å². The summed E-state index contributed by atoms with van der Waals surface area (Å²) >= 11 is 0. The van der Waals surface area contributed by atoms with E-state index in [1.807, 2.05) is 11.9 Å². The number of fused-ring (bicyclic) bond motifs is 1. The summed E-state index contributed by atoms with van der Waals surface area (Å²) in [5.41, 5.74) is -0.749. The summed E-state index contributed by atoms with van der Waals surface area (Å²) in [4.78, 5) is 21.0. The van der Waals surface area contributed by atoms with Gasteiger partial charge in [0, 0.05) is 11.8 Å². The summed E-state index contributed by atoms with van der Waals surface area (Å²) in [6.07, 6.45) is 0.587. The van der Waals surface area contributed by atoms with Crippen molar-refractivity contribution in [3.8, 4) is 0 Å². The molecule has 0 spiro atoms. The maximum atomic E-state index is 13.2. The normalized spacial score (nSPS) is 27.2. The molecule has 8 heteroatoms. The van der Waals surface area contributed by atoms with Crippen LogP contribution >= 0.6 is 0 Å². The van der Waals surface area contributed by atoms with Gasteiger partial charge in [-0.05, 0) is 0 Å². The van der Waals surface area contributed by atoms with Gasteiger partial charge in [0.15, 0.2) is 11.2 Å². The van der Waals surface area contributed by atoms with Crippen molar-refractivity contribution in [1.29, 1.82) is 0 Å². The van der Waals surface area contributed by atoms with E-state index in [1.165, 1.54) is 10.9 Å². The topological polar surface area (TPSA) is 93.0 Å². The molecular formula is C11H13FN4O3. The molecule has 0 aromatic carbocycles. The molecule has 0 aliphatic carbocycles. The van der Waals surface area contributed by atoms with Crippen LogP contribution < -0.4 is 5.56 Å². The second kappa shape index (κ2) is 4.10. The Bertz CT molecular complexity index is 682. The first-order valence-corrected chi connectivity index (χ1v) is 5.87. The summed E-state index contributed by atoms with van der Waals surface area (Å²) in [6, 6.07) is 0. The third-order valence-corrected chi connectivity index (χ3v) is 3.39. The average Bonchev–Trinajstić information content (AvgIpc) is 2.94. The summed E-state index contributed by atoms with van der Waals surface area (Å²) in [5.74, 6) is 0. The summed E-state index contributed by atoms with van der Waals surface area (Å²) in [7, 11) is 0. The molecule has 2 atom stereocenters. The number of H-pyrrole nitrogens is 1. The highest BCUT2D eigenvalue weighted by molar-refractivity contribution is 5.68. The van der Waals surface area contributed by atoms with Crippen LogP contribution in [0.2, 0.25) is 0 Å². The van der Waals surface area contributed by atoms with Crippen LogP contribution in [0.3, 0.4) is 0 Å². The summed E-state index contributed by atoms with van der Waals surface area (Å²) < 4.78 is 20.3.